The molecule has 28 heavy (non-hydrogen) atoms. The third-order valence-corrected chi connectivity index (χ3v) is 4.32. The first-order valence-electron chi connectivity index (χ1n) is 9.13. The summed E-state index contributed by atoms with van der Waals surface area (Å²) in [7, 11) is 9.01. The molecule has 1 unspecified atom stereocenters. The highest BCUT2D eigenvalue weighted by atomic mass is 127. The van der Waals surface area contributed by atoms with Crippen LogP contribution in [0.3, 0.4) is 0 Å². The molecule has 1 aromatic carbocycles. The Morgan fingerprint density at radius 1 is 1.14 bits per heavy atom. The minimum atomic E-state index is -0.545. The first kappa shape index (κ1) is 27.0. The van der Waals surface area contributed by atoms with Gasteiger partial charge in [-0.3, -0.25) is 4.99 Å². The maximum absolute atomic E-state index is 14.1. The fourth-order valence-corrected chi connectivity index (χ4v) is 2.74. The van der Waals surface area contributed by atoms with Crippen LogP contribution in [-0.4, -0.2) is 83.8 Å². The van der Waals surface area contributed by atoms with Crippen molar-refractivity contribution in [2.45, 2.75) is 12.5 Å². The van der Waals surface area contributed by atoms with Crippen molar-refractivity contribution in [3.63, 3.8) is 0 Å². The maximum atomic E-state index is 14.1. The molecule has 2 N–H and O–H groups in total. The van der Waals surface area contributed by atoms with Crippen molar-refractivity contribution in [1.29, 1.82) is 0 Å². The average Bonchev–Trinajstić information content (AvgIpc) is 2.62. The average molecular weight is 513 g/mol. The van der Waals surface area contributed by atoms with Crippen molar-refractivity contribution in [3.05, 3.63) is 35.4 Å². The predicted molar refractivity (Wildman–Crippen MR) is 122 cm³/mol. The van der Waals surface area contributed by atoms with Crippen molar-refractivity contribution >= 4 is 29.9 Å². The Morgan fingerprint density at radius 2 is 1.79 bits per heavy atom. The lowest BCUT2D eigenvalue weighted by atomic mass is 10.0. The van der Waals surface area contributed by atoms with Gasteiger partial charge in [0.1, 0.15) is 11.6 Å². The number of halogens is 3. The zero-order valence-corrected chi connectivity index (χ0v) is 19.8. The van der Waals surface area contributed by atoms with Crippen LogP contribution in [0.15, 0.2) is 23.2 Å². The van der Waals surface area contributed by atoms with E-state index in [0.717, 1.165) is 26.1 Å². The van der Waals surface area contributed by atoms with Crippen LogP contribution in [-0.2, 0) is 4.74 Å². The SMILES string of the molecule is CN=C(NCCN(C)CCCOC)NCC(c1c(F)cccc1F)N(C)C.I. The fourth-order valence-electron chi connectivity index (χ4n) is 2.74. The summed E-state index contributed by atoms with van der Waals surface area (Å²) < 4.78 is 33.3. The molecule has 0 saturated carbocycles. The van der Waals surface area contributed by atoms with Gasteiger partial charge in [0.15, 0.2) is 5.96 Å². The molecule has 0 spiro atoms. The van der Waals surface area contributed by atoms with Gasteiger partial charge in [0.05, 0.1) is 6.04 Å². The smallest absolute Gasteiger partial charge is 0.191 e. The van der Waals surface area contributed by atoms with Gasteiger partial charge >= 0.3 is 0 Å². The number of methoxy groups -OCH3 is 1. The van der Waals surface area contributed by atoms with Gasteiger partial charge in [-0.1, -0.05) is 6.07 Å². The van der Waals surface area contributed by atoms with Crippen molar-refractivity contribution in [2.24, 2.45) is 4.99 Å². The summed E-state index contributed by atoms with van der Waals surface area (Å²) in [5, 5.41) is 6.38. The second-order valence-corrected chi connectivity index (χ2v) is 6.64. The molecule has 0 radical (unpaired) electrons. The first-order valence-corrected chi connectivity index (χ1v) is 9.13. The predicted octanol–water partition coefficient (Wildman–Crippen LogP) is 2.32. The highest BCUT2D eigenvalue weighted by molar-refractivity contribution is 14.0. The molecule has 6 nitrogen and oxygen atoms in total. The lowest BCUT2D eigenvalue weighted by Gasteiger charge is -2.27. The lowest BCUT2D eigenvalue weighted by molar-refractivity contribution is 0.180. The van der Waals surface area contributed by atoms with E-state index < -0.39 is 17.7 Å². The minimum absolute atomic E-state index is 0. The molecule has 0 aliphatic heterocycles. The van der Waals surface area contributed by atoms with Crippen molar-refractivity contribution in [3.8, 4) is 0 Å². The van der Waals surface area contributed by atoms with Gasteiger partial charge in [-0.2, -0.15) is 0 Å². The summed E-state index contributed by atoms with van der Waals surface area (Å²) in [5.74, 6) is -0.490. The Morgan fingerprint density at radius 3 is 2.32 bits per heavy atom. The third kappa shape index (κ3) is 9.44. The molecular weight excluding hydrogens is 479 g/mol. The molecule has 9 heteroatoms. The van der Waals surface area contributed by atoms with E-state index >= 15 is 0 Å². The Labute approximate surface area is 184 Å². The van der Waals surface area contributed by atoms with Crippen molar-refractivity contribution in [1.82, 2.24) is 20.4 Å². The summed E-state index contributed by atoms with van der Waals surface area (Å²) in [6.45, 7) is 3.60. The normalized spacial score (nSPS) is 12.8. The van der Waals surface area contributed by atoms with E-state index in [1.807, 2.05) is 0 Å². The van der Waals surface area contributed by atoms with E-state index in [4.69, 9.17) is 4.74 Å². The molecule has 0 saturated heterocycles. The molecule has 162 valence electrons. The van der Waals surface area contributed by atoms with E-state index in [9.17, 15) is 8.78 Å². The zero-order valence-electron chi connectivity index (χ0n) is 17.5. The molecule has 0 heterocycles. The molecular formula is C19H34F2IN5O. The van der Waals surface area contributed by atoms with Crippen molar-refractivity contribution < 1.29 is 13.5 Å². The van der Waals surface area contributed by atoms with Crippen LogP contribution in [0, 0.1) is 11.6 Å². The van der Waals surface area contributed by atoms with Crippen LogP contribution in [0.4, 0.5) is 8.78 Å². The molecule has 0 fully saturated rings. The maximum Gasteiger partial charge on any atom is 0.191 e. The quantitative estimate of drug-likeness (QED) is 0.206. The molecule has 0 aliphatic rings. The fraction of sp³-hybridized carbons (Fsp3) is 0.632. The summed E-state index contributed by atoms with van der Waals surface area (Å²) >= 11 is 0. The molecule has 0 bridgehead atoms. The van der Waals surface area contributed by atoms with Gasteiger partial charge in [0.2, 0.25) is 0 Å². The van der Waals surface area contributed by atoms with Crippen molar-refractivity contribution in [2.75, 3.05) is 68.1 Å². The summed E-state index contributed by atoms with van der Waals surface area (Å²) in [6.07, 6.45) is 0.985. The Balaban J connectivity index is 0.00000729. The summed E-state index contributed by atoms with van der Waals surface area (Å²) in [6, 6.07) is 3.47. The van der Waals surface area contributed by atoms with Crippen LogP contribution in [0.1, 0.15) is 18.0 Å². The van der Waals surface area contributed by atoms with Gasteiger partial charge in [-0.05, 0) is 39.7 Å². The molecule has 1 rings (SSSR count). The summed E-state index contributed by atoms with van der Waals surface area (Å²) in [4.78, 5) is 8.17. The second-order valence-electron chi connectivity index (χ2n) is 6.64. The van der Waals surface area contributed by atoms with Crippen LogP contribution in [0.5, 0.6) is 0 Å². The number of benzene rings is 1. The number of hydrogen-bond acceptors (Lipinski definition) is 4. The van der Waals surface area contributed by atoms with Crippen LogP contribution < -0.4 is 10.6 Å². The Bertz CT molecular complexity index is 569. The molecule has 0 aromatic heterocycles. The standard InChI is InChI=1S/C19H33F2N5O.HI/c1-22-19(23-10-12-26(4)11-7-13-27-5)24-14-17(25(2)3)18-15(20)8-6-9-16(18)21;/h6,8-9,17H,7,10-14H2,1-5H3,(H2,22,23,24);1H. The number of hydrogen-bond donors (Lipinski definition) is 2. The highest BCUT2D eigenvalue weighted by Gasteiger charge is 2.22. The van der Waals surface area contributed by atoms with Gasteiger partial charge in [0, 0.05) is 52.5 Å². The Kier molecular flexibility index (Phi) is 14.3. The number of rotatable bonds is 11. The molecule has 0 aliphatic carbocycles. The zero-order chi connectivity index (χ0) is 20.2. The second kappa shape index (κ2) is 14.9. The molecule has 1 aromatic rings. The van der Waals surface area contributed by atoms with E-state index in [1.54, 1.807) is 33.2 Å². The lowest BCUT2D eigenvalue weighted by Crippen LogP contribution is -2.44. The van der Waals surface area contributed by atoms with E-state index in [2.05, 4.69) is 27.6 Å². The highest BCUT2D eigenvalue weighted by Crippen LogP contribution is 2.23. The van der Waals surface area contributed by atoms with E-state index in [0.29, 0.717) is 19.0 Å². The first-order chi connectivity index (χ1) is 12.9. The molecule has 1 atom stereocenters. The number of guanidine groups is 1. The van der Waals surface area contributed by atoms with Crippen LogP contribution >= 0.6 is 24.0 Å². The third-order valence-electron chi connectivity index (χ3n) is 4.32. The van der Waals surface area contributed by atoms with Gasteiger partial charge in [-0.25, -0.2) is 8.78 Å². The molecule has 0 amide bonds. The van der Waals surface area contributed by atoms with Crippen LogP contribution in [0.25, 0.3) is 0 Å². The van der Waals surface area contributed by atoms with E-state index in [1.165, 1.54) is 18.2 Å². The van der Waals surface area contributed by atoms with Crippen LogP contribution in [0.2, 0.25) is 0 Å². The number of nitrogens with zero attached hydrogens (tertiary/aromatic N) is 3. The summed E-state index contributed by atoms with van der Waals surface area (Å²) in [5.41, 5.74) is 0.0586. The van der Waals surface area contributed by atoms with Gasteiger partial charge in [0.25, 0.3) is 0 Å². The van der Waals surface area contributed by atoms with E-state index in [-0.39, 0.29) is 29.5 Å². The topological polar surface area (TPSA) is 52.1 Å². The van der Waals surface area contributed by atoms with Gasteiger partial charge in [-0.15, -0.1) is 24.0 Å². The minimum Gasteiger partial charge on any atom is -0.385 e. The van der Waals surface area contributed by atoms with Gasteiger partial charge < -0.3 is 25.2 Å². The number of likely N-dealkylation sites (N-methyl/N-ethyl adjacent to an activating group) is 2. The number of aliphatic imine (C=N–C) groups is 1. The number of nitrogens with one attached hydrogen (secondary N) is 2. The monoisotopic (exact) mass is 513 g/mol. The largest absolute Gasteiger partial charge is 0.385 e. The number of ether oxygens (including phenoxy) is 1. The Hall–Kier alpha value is -1.04.